The van der Waals surface area contributed by atoms with Crippen molar-refractivity contribution in [3.63, 3.8) is 0 Å². The summed E-state index contributed by atoms with van der Waals surface area (Å²) in [5, 5.41) is 3.64. The van der Waals surface area contributed by atoms with Crippen molar-refractivity contribution in [3.05, 3.63) is 108 Å². The van der Waals surface area contributed by atoms with Crippen molar-refractivity contribution >= 4 is 39.7 Å². The minimum absolute atomic E-state index is 0.0287. The summed E-state index contributed by atoms with van der Waals surface area (Å²) < 4.78 is 50.6. The number of imidazole rings is 1. The first-order valence-corrected chi connectivity index (χ1v) is 16.2. The predicted octanol–water partition coefficient (Wildman–Crippen LogP) is 7.63. The average Bonchev–Trinajstić information content (AvgIpc) is 3.57. The van der Waals surface area contributed by atoms with Crippen molar-refractivity contribution in [1.29, 1.82) is 0 Å². The summed E-state index contributed by atoms with van der Waals surface area (Å²) in [6, 6.07) is 27.7. The molecule has 8 nitrogen and oxygen atoms in total. The lowest BCUT2D eigenvalue weighted by molar-refractivity contribution is -0.153. The van der Waals surface area contributed by atoms with Crippen molar-refractivity contribution in [1.82, 2.24) is 19.5 Å². The number of fused-ring (bicyclic) bond motifs is 1. The fourth-order valence-corrected chi connectivity index (χ4v) is 6.81. The monoisotopic (exact) mass is 725 g/mol. The molecule has 6 rings (SSSR count). The summed E-state index contributed by atoms with van der Waals surface area (Å²) in [4.78, 5) is 14.1. The molecule has 0 spiro atoms. The normalized spacial score (nSPS) is 23.3. The van der Waals surface area contributed by atoms with Crippen molar-refractivity contribution in [2.45, 2.75) is 44.1 Å². The van der Waals surface area contributed by atoms with Gasteiger partial charge in [-0.05, 0) is 42.7 Å². The molecule has 0 unspecified atom stereocenters. The Labute approximate surface area is 274 Å². The third-order valence-electron chi connectivity index (χ3n) is 8.63. The van der Waals surface area contributed by atoms with Gasteiger partial charge in [0.1, 0.15) is 11.3 Å². The van der Waals surface area contributed by atoms with E-state index in [1.807, 2.05) is 114 Å². The second-order valence-electron chi connectivity index (χ2n) is 11.2. The minimum Gasteiger partial charge on any atom is -0.497 e. The zero-order valence-electron chi connectivity index (χ0n) is 25.4. The van der Waals surface area contributed by atoms with Crippen molar-refractivity contribution in [3.8, 4) is 11.6 Å². The van der Waals surface area contributed by atoms with Gasteiger partial charge in [-0.3, -0.25) is 4.57 Å². The minimum atomic E-state index is -2.16. The molecule has 1 fully saturated rings. The molecule has 5 aromatic rings. The third kappa shape index (κ3) is 5.29. The van der Waals surface area contributed by atoms with Gasteiger partial charge in [-0.2, -0.15) is 9.97 Å². The molecule has 1 aliphatic heterocycles. The number of nitrogens with zero attached hydrogens (tertiary/aromatic N) is 4. The van der Waals surface area contributed by atoms with Gasteiger partial charge in [-0.15, -0.1) is 0 Å². The van der Waals surface area contributed by atoms with Gasteiger partial charge in [0.05, 0.1) is 30.4 Å². The predicted molar refractivity (Wildman–Crippen MR) is 177 cm³/mol. The highest BCUT2D eigenvalue weighted by atomic mass is 127. The van der Waals surface area contributed by atoms with Crippen LogP contribution in [-0.4, -0.2) is 49.2 Å². The Morgan fingerprint density at radius 3 is 2.09 bits per heavy atom. The van der Waals surface area contributed by atoms with Crippen molar-refractivity contribution < 1.29 is 23.0 Å². The van der Waals surface area contributed by atoms with Crippen LogP contribution in [0.4, 0.5) is 14.7 Å². The van der Waals surface area contributed by atoms with Crippen LogP contribution in [0.15, 0.2) is 91.3 Å². The van der Waals surface area contributed by atoms with Crippen LogP contribution in [0.25, 0.3) is 11.2 Å². The van der Waals surface area contributed by atoms with Crippen LogP contribution in [0, 0.1) is 5.92 Å². The quantitative estimate of drug-likeness (QED) is 0.0901. The first-order chi connectivity index (χ1) is 21.7. The molecule has 3 heterocycles. The fraction of sp³-hybridized carbons (Fsp3) is 0.324. The zero-order chi connectivity index (χ0) is 31.8. The Bertz CT molecular complexity index is 1730. The number of hydrogen-bond donors (Lipinski definition) is 1. The van der Waals surface area contributed by atoms with E-state index in [-0.39, 0.29) is 21.9 Å². The van der Waals surface area contributed by atoms with Crippen LogP contribution in [-0.2, 0) is 10.3 Å². The van der Waals surface area contributed by atoms with Gasteiger partial charge in [-0.25, -0.2) is 13.8 Å². The highest BCUT2D eigenvalue weighted by Crippen LogP contribution is 2.53. The van der Waals surface area contributed by atoms with E-state index in [1.54, 1.807) is 7.11 Å². The number of rotatable bonds is 10. The molecular weight excluding hydrogens is 691 g/mol. The van der Waals surface area contributed by atoms with E-state index in [1.165, 1.54) is 24.7 Å². The molecule has 0 amide bonds. The number of halogens is 3. The van der Waals surface area contributed by atoms with Gasteiger partial charge < -0.3 is 19.5 Å². The van der Waals surface area contributed by atoms with E-state index in [9.17, 15) is 0 Å². The topological polar surface area (TPSA) is 83.3 Å². The maximum Gasteiger partial charge on any atom is 0.247 e. The first-order valence-electron chi connectivity index (χ1n) is 14.7. The number of ether oxygens (including phenoxy) is 3. The number of hydrogen-bond acceptors (Lipinski definition) is 7. The summed E-state index contributed by atoms with van der Waals surface area (Å²) in [5.41, 5.74) is 0.256. The second kappa shape index (κ2) is 12.2. The van der Waals surface area contributed by atoms with Crippen LogP contribution in [0.5, 0.6) is 11.6 Å². The molecule has 1 aliphatic rings. The molecule has 0 radical (unpaired) electrons. The summed E-state index contributed by atoms with van der Waals surface area (Å²) in [7, 11) is 1.63. The zero-order valence-corrected chi connectivity index (χ0v) is 27.5. The highest BCUT2D eigenvalue weighted by molar-refractivity contribution is 14.1. The van der Waals surface area contributed by atoms with Crippen molar-refractivity contribution in [2.24, 2.45) is 5.92 Å². The van der Waals surface area contributed by atoms with Crippen LogP contribution >= 0.6 is 22.6 Å². The third-order valence-corrected chi connectivity index (χ3v) is 9.67. The van der Waals surface area contributed by atoms with E-state index >= 15 is 8.78 Å². The molecule has 4 atom stereocenters. The fourth-order valence-electron chi connectivity index (χ4n) is 5.97. The average molecular weight is 726 g/mol. The number of anilines is 1. The largest absolute Gasteiger partial charge is 0.497 e. The molecule has 11 heteroatoms. The van der Waals surface area contributed by atoms with Crippen molar-refractivity contribution in [2.75, 3.05) is 23.5 Å². The second-order valence-corrected chi connectivity index (χ2v) is 12.0. The molecule has 1 N–H and O–H groups in total. The molecule has 3 aromatic carbocycles. The summed E-state index contributed by atoms with van der Waals surface area (Å²) in [6.45, 7) is 5.02. The van der Waals surface area contributed by atoms with Gasteiger partial charge in [0.25, 0.3) is 0 Å². The molecular formula is C34H34F2IN5O3. The Hall–Kier alpha value is -3.84. The molecule has 0 saturated carbocycles. The lowest BCUT2D eigenvalue weighted by Gasteiger charge is -2.37. The van der Waals surface area contributed by atoms with Crippen LogP contribution in [0.2, 0.25) is 0 Å². The van der Waals surface area contributed by atoms with E-state index in [0.29, 0.717) is 17.9 Å². The SMILES string of the molecule is CCOc1nc(NC(c2ccccc2)(c2ccccc2)c2ccc(OC)cc2)nc2c1ncn2[C@@H]1O[C@](F)(CI)[C@@H](C)[C@@]1(C)F. The van der Waals surface area contributed by atoms with E-state index in [2.05, 4.69) is 10.3 Å². The van der Waals surface area contributed by atoms with Gasteiger partial charge in [0, 0.05) is 0 Å². The molecule has 2 aromatic heterocycles. The number of aromatic nitrogens is 4. The number of benzene rings is 3. The maximum atomic E-state index is 16.3. The number of methoxy groups -OCH3 is 1. The lowest BCUT2D eigenvalue weighted by atomic mass is 9.77. The smallest absolute Gasteiger partial charge is 0.247 e. The Kier molecular flexibility index (Phi) is 8.42. The standard InChI is InChI=1S/C34H34F2IN5O3/c1-5-44-29-27-28(42(21-38-27)30-32(3,35)22(2)33(36,20-37)45-30)39-31(40-29)41-34(23-12-8-6-9-13-23,24-14-10-7-11-15-24)25-16-18-26(43-4)19-17-25/h6-19,21-22,30H,5,20H2,1-4H3,(H,39,40,41)/t22-,30+,32+,33+/m0/s1. The molecule has 0 aliphatic carbocycles. The Morgan fingerprint density at radius 1 is 0.956 bits per heavy atom. The first kappa shape index (κ1) is 31.2. The molecule has 0 bridgehead atoms. The van der Waals surface area contributed by atoms with Gasteiger partial charge in [0.15, 0.2) is 23.1 Å². The molecule has 1 saturated heterocycles. The summed E-state index contributed by atoms with van der Waals surface area (Å²) >= 11 is 1.89. The Balaban J connectivity index is 1.58. The summed E-state index contributed by atoms with van der Waals surface area (Å²) in [5.74, 6) is -2.07. The van der Waals surface area contributed by atoms with E-state index in [4.69, 9.17) is 24.2 Å². The van der Waals surface area contributed by atoms with Crippen LogP contribution in [0.1, 0.15) is 43.7 Å². The van der Waals surface area contributed by atoms with E-state index in [0.717, 1.165) is 16.7 Å². The van der Waals surface area contributed by atoms with Crippen LogP contribution in [0.3, 0.4) is 0 Å². The van der Waals surface area contributed by atoms with E-state index < -0.39 is 29.2 Å². The lowest BCUT2D eigenvalue weighted by Crippen LogP contribution is -2.39. The molecule has 45 heavy (non-hydrogen) atoms. The molecule has 234 valence electrons. The number of alkyl halides is 3. The summed E-state index contributed by atoms with van der Waals surface area (Å²) in [6.07, 6.45) is 0.0920. The van der Waals surface area contributed by atoms with Gasteiger partial charge in [-0.1, -0.05) is 102 Å². The highest BCUT2D eigenvalue weighted by Gasteiger charge is 2.62. The van der Waals surface area contributed by atoms with Gasteiger partial charge in [0.2, 0.25) is 17.7 Å². The Morgan fingerprint density at radius 2 is 1.56 bits per heavy atom. The number of nitrogens with one attached hydrogen (secondary N) is 1. The van der Waals surface area contributed by atoms with Crippen LogP contribution < -0.4 is 14.8 Å². The maximum absolute atomic E-state index is 16.3. The van der Waals surface area contributed by atoms with Gasteiger partial charge >= 0.3 is 0 Å².